The van der Waals surface area contributed by atoms with Gasteiger partial charge in [-0.25, -0.2) is 4.79 Å². The number of ether oxygens (including phenoxy) is 1. The van der Waals surface area contributed by atoms with Crippen molar-refractivity contribution < 1.29 is 43.4 Å². The van der Waals surface area contributed by atoms with Gasteiger partial charge in [-0.2, -0.15) is 0 Å². The summed E-state index contributed by atoms with van der Waals surface area (Å²) in [7, 11) is 2.78. The molecule has 46 heavy (non-hydrogen) atoms. The Hall–Kier alpha value is -3.97. The maximum atomic E-state index is 13.3. The SMILES string of the molecule is CCC(C)[C@H](NC(=O)CN(C)C(=O)CN(C)C(=O)[C@H](C)N1C(=O)[C@H](OC(=O)/C(C)=C/CC(C)(C)C)CC1C)C(=O)N[C@H](C)C(=O)O. The molecule has 0 aliphatic carbocycles. The minimum absolute atomic E-state index is 0.0154. The van der Waals surface area contributed by atoms with Gasteiger partial charge in [0.25, 0.3) is 5.91 Å². The number of carboxylic acid groups (broad SMARTS) is 1. The molecule has 14 nitrogen and oxygen atoms in total. The Labute approximate surface area is 272 Å². The average molecular weight is 652 g/mol. The van der Waals surface area contributed by atoms with E-state index in [0.717, 1.165) is 9.80 Å². The summed E-state index contributed by atoms with van der Waals surface area (Å²) in [6.07, 6.45) is 2.16. The van der Waals surface area contributed by atoms with E-state index in [-0.39, 0.29) is 24.3 Å². The van der Waals surface area contributed by atoms with Crippen LogP contribution in [-0.2, 0) is 38.3 Å². The summed E-state index contributed by atoms with van der Waals surface area (Å²) in [4.78, 5) is 92.1. The third-order valence-corrected chi connectivity index (χ3v) is 8.02. The number of rotatable bonds is 15. The summed E-state index contributed by atoms with van der Waals surface area (Å²) in [5.41, 5.74) is 0.388. The molecule has 0 saturated carbocycles. The number of nitrogens with zero attached hydrogens (tertiary/aromatic N) is 3. The molecule has 1 aliphatic heterocycles. The van der Waals surface area contributed by atoms with Crippen molar-refractivity contribution in [3.63, 3.8) is 0 Å². The fourth-order valence-electron chi connectivity index (χ4n) is 4.77. The normalized spacial score (nSPS) is 19.4. The van der Waals surface area contributed by atoms with Crippen LogP contribution >= 0.6 is 0 Å². The number of amides is 5. The molecular weight excluding hydrogens is 598 g/mol. The number of likely N-dealkylation sites (N-methyl/N-ethyl adjacent to an activating group) is 2. The van der Waals surface area contributed by atoms with E-state index >= 15 is 0 Å². The van der Waals surface area contributed by atoms with Gasteiger partial charge in [0.2, 0.25) is 23.6 Å². The van der Waals surface area contributed by atoms with Crippen LogP contribution in [0.25, 0.3) is 0 Å². The highest BCUT2D eigenvalue weighted by molar-refractivity contribution is 5.96. The number of esters is 1. The predicted octanol–water partition coefficient (Wildman–Crippen LogP) is 1.33. The number of allylic oxidation sites excluding steroid dienone is 1. The van der Waals surface area contributed by atoms with Gasteiger partial charge in [-0.1, -0.05) is 47.1 Å². The van der Waals surface area contributed by atoms with Gasteiger partial charge in [-0.05, 0) is 45.4 Å². The molecule has 2 unspecified atom stereocenters. The maximum Gasteiger partial charge on any atom is 0.334 e. The van der Waals surface area contributed by atoms with Crippen molar-refractivity contribution in [2.45, 2.75) is 112 Å². The Balaban J connectivity index is 2.80. The monoisotopic (exact) mass is 651 g/mol. The van der Waals surface area contributed by atoms with Crippen molar-refractivity contribution in [1.82, 2.24) is 25.3 Å². The lowest BCUT2D eigenvalue weighted by molar-refractivity contribution is -0.155. The topological polar surface area (TPSA) is 183 Å². The number of likely N-dealkylation sites (tertiary alicyclic amines) is 1. The van der Waals surface area contributed by atoms with Crippen molar-refractivity contribution >= 4 is 41.5 Å². The minimum Gasteiger partial charge on any atom is -0.480 e. The van der Waals surface area contributed by atoms with E-state index < -0.39 is 78.3 Å². The zero-order valence-corrected chi connectivity index (χ0v) is 29.1. The van der Waals surface area contributed by atoms with Gasteiger partial charge in [0, 0.05) is 32.1 Å². The lowest BCUT2D eigenvalue weighted by Gasteiger charge is -2.31. The molecule has 0 radical (unpaired) electrons. The Morgan fingerprint density at radius 1 is 1.04 bits per heavy atom. The van der Waals surface area contributed by atoms with Crippen molar-refractivity contribution in [2.75, 3.05) is 27.2 Å². The Bertz CT molecular complexity index is 1190. The van der Waals surface area contributed by atoms with Crippen LogP contribution in [0.2, 0.25) is 0 Å². The van der Waals surface area contributed by atoms with E-state index in [1.165, 1.54) is 25.9 Å². The van der Waals surface area contributed by atoms with Gasteiger partial charge in [0.15, 0.2) is 6.10 Å². The number of nitrogens with one attached hydrogen (secondary N) is 2. The summed E-state index contributed by atoms with van der Waals surface area (Å²) in [6.45, 7) is 15.1. The first kappa shape index (κ1) is 40.1. The van der Waals surface area contributed by atoms with Gasteiger partial charge in [0.1, 0.15) is 18.1 Å². The van der Waals surface area contributed by atoms with Crippen molar-refractivity contribution in [2.24, 2.45) is 11.3 Å². The molecule has 0 spiro atoms. The molecule has 0 aromatic rings. The van der Waals surface area contributed by atoms with E-state index in [0.29, 0.717) is 18.4 Å². The maximum absolute atomic E-state index is 13.3. The van der Waals surface area contributed by atoms with Gasteiger partial charge in [-0.15, -0.1) is 0 Å². The zero-order chi connectivity index (χ0) is 35.7. The first-order valence-electron chi connectivity index (χ1n) is 15.6. The Kier molecular flexibility index (Phi) is 14.9. The van der Waals surface area contributed by atoms with E-state index in [1.807, 2.05) is 27.7 Å². The number of hydrogen-bond donors (Lipinski definition) is 3. The highest BCUT2D eigenvalue weighted by Gasteiger charge is 2.44. The van der Waals surface area contributed by atoms with Crippen LogP contribution < -0.4 is 10.6 Å². The second kappa shape index (κ2) is 17.1. The highest BCUT2D eigenvalue weighted by Crippen LogP contribution is 2.26. The molecule has 14 heteroatoms. The lowest BCUT2D eigenvalue weighted by Crippen LogP contribution is -2.55. The van der Waals surface area contributed by atoms with Crippen LogP contribution in [0.5, 0.6) is 0 Å². The molecule has 1 rings (SSSR count). The Morgan fingerprint density at radius 2 is 1.63 bits per heavy atom. The molecule has 1 aliphatic rings. The van der Waals surface area contributed by atoms with Crippen molar-refractivity contribution in [3.8, 4) is 0 Å². The number of carbonyl (C=O) groups excluding carboxylic acids is 6. The molecule has 1 saturated heterocycles. The quantitative estimate of drug-likeness (QED) is 0.174. The molecule has 0 aromatic heterocycles. The van der Waals surface area contributed by atoms with E-state index in [4.69, 9.17) is 9.84 Å². The largest absolute Gasteiger partial charge is 0.480 e. The van der Waals surface area contributed by atoms with E-state index in [9.17, 15) is 33.6 Å². The van der Waals surface area contributed by atoms with Crippen molar-refractivity contribution in [3.05, 3.63) is 11.6 Å². The predicted molar refractivity (Wildman–Crippen MR) is 170 cm³/mol. The van der Waals surface area contributed by atoms with E-state index in [2.05, 4.69) is 10.6 Å². The molecule has 1 fully saturated rings. The number of carboxylic acids is 1. The average Bonchev–Trinajstić information content (AvgIpc) is 3.24. The van der Waals surface area contributed by atoms with Gasteiger partial charge >= 0.3 is 11.9 Å². The summed E-state index contributed by atoms with van der Waals surface area (Å²) < 4.78 is 5.49. The summed E-state index contributed by atoms with van der Waals surface area (Å²) >= 11 is 0. The standard InChI is InChI=1S/C32H53N5O9/c1-12-18(2)26(27(40)33-21(5)30(43)44)34-24(38)16-35(10)25(39)17-36(11)28(41)22(6)37-20(4)15-23(29(37)42)46-31(45)19(3)13-14-32(7,8)9/h13,18,20-23,26H,12,14-17H2,1-11H3,(H,33,40)(H,34,38)(H,43,44)/b19-13+/t18?,20?,21-,22+,23-,26+/m1/s1. The molecule has 0 bridgehead atoms. The van der Waals surface area contributed by atoms with Crippen LogP contribution in [0, 0.1) is 11.3 Å². The molecule has 260 valence electrons. The third-order valence-electron chi connectivity index (χ3n) is 8.02. The summed E-state index contributed by atoms with van der Waals surface area (Å²) in [5.74, 6) is -4.98. The fourth-order valence-corrected chi connectivity index (χ4v) is 4.77. The number of aliphatic carboxylic acids is 1. The van der Waals surface area contributed by atoms with Crippen molar-refractivity contribution in [1.29, 1.82) is 0 Å². The van der Waals surface area contributed by atoms with Crippen LogP contribution in [0.3, 0.4) is 0 Å². The van der Waals surface area contributed by atoms with Crippen LogP contribution in [-0.4, -0.2) is 119 Å². The second-order valence-corrected chi connectivity index (χ2v) is 13.5. The number of hydrogen-bond acceptors (Lipinski definition) is 8. The number of carbonyl (C=O) groups is 7. The van der Waals surface area contributed by atoms with Crippen LogP contribution in [0.15, 0.2) is 11.6 Å². The van der Waals surface area contributed by atoms with Gasteiger partial charge < -0.3 is 35.2 Å². The first-order valence-corrected chi connectivity index (χ1v) is 15.6. The molecular formula is C32H53N5O9. The molecule has 3 N–H and O–H groups in total. The molecule has 6 atom stereocenters. The molecule has 5 amide bonds. The highest BCUT2D eigenvalue weighted by atomic mass is 16.5. The van der Waals surface area contributed by atoms with Crippen LogP contribution in [0.4, 0.5) is 0 Å². The second-order valence-electron chi connectivity index (χ2n) is 13.5. The lowest BCUT2D eigenvalue weighted by atomic mass is 9.91. The smallest absolute Gasteiger partial charge is 0.334 e. The summed E-state index contributed by atoms with van der Waals surface area (Å²) in [6, 6.07) is -3.51. The fraction of sp³-hybridized carbons (Fsp3) is 0.719. The zero-order valence-electron chi connectivity index (χ0n) is 29.1. The molecule has 1 heterocycles. The van der Waals surface area contributed by atoms with Gasteiger partial charge in [-0.3, -0.25) is 28.8 Å². The van der Waals surface area contributed by atoms with E-state index in [1.54, 1.807) is 33.8 Å². The van der Waals surface area contributed by atoms with Gasteiger partial charge in [0.05, 0.1) is 13.1 Å². The Morgan fingerprint density at radius 3 is 2.15 bits per heavy atom. The van der Waals surface area contributed by atoms with Crippen LogP contribution in [0.1, 0.15) is 81.6 Å². The first-order chi connectivity index (χ1) is 21.1. The third kappa shape index (κ3) is 11.8. The molecule has 0 aromatic carbocycles. The summed E-state index contributed by atoms with van der Waals surface area (Å²) in [5, 5.41) is 14.0. The minimum atomic E-state index is -1.22.